The van der Waals surface area contributed by atoms with E-state index in [9.17, 15) is 8.42 Å². The van der Waals surface area contributed by atoms with Crippen LogP contribution >= 0.6 is 0 Å². The molecule has 3 rings (SSSR count). The fraction of sp³-hybridized carbons (Fsp3) is 0.231. The minimum Gasteiger partial charge on any atom is -0.486 e. The lowest BCUT2D eigenvalue weighted by Crippen LogP contribution is -2.23. The lowest BCUT2D eigenvalue weighted by Gasteiger charge is -2.18. The summed E-state index contributed by atoms with van der Waals surface area (Å²) in [6.45, 7) is 1.14. The fourth-order valence-electron chi connectivity index (χ4n) is 1.92. The molecule has 2 N–H and O–H groups in total. The second kappa shape index (κ2) is 5.18. The molecule has 2 aromatic rings. The van der Waals surface area contributed by atoms with Crippen molar-refractivity contribution in [3.8, 4) is 11.5 Å². The van der Waals surface area contributed by atoms with Crippen molar-refractivity contribution in [2.24, 2.45) is 0 Å². The third kappa shape index (κ3) is 2.63. The maximum atomic E-state index is 12.2. The van der Waals surface area contributed by atoms with Crippen molar-refractivity contribution < 1.29 is 17.9 Å². The number of nitrogens with one attached hydrogen (secondary N) is 2. The molecule has 0 bridgehead atoms. The second-order valence-electron chi connectivity index (χ2n) is 4.35. The van der Waals surface area contributed by atoms with Crippen LogP contribution in [0.25, 0.3) is 0 Å². The highest BCUT2D eigenvalue weighted by atomic mass is 32.2. The standard InChI is InChI=1S/C13H14N2O4S/c16-20(17,15-9-10-3-4-14-8-10)11-1-2-12-13(7-11)19-6-5-18-12/h1-4,7-8,14-15H,5-6,9H2. The number of aromatic nitrogens is 1. The quantitative estimate of drug-likeness (QED) is 0.889. The Labute approximate surface area is 116 Å². The average Bonchev–Trinajstić information content (AvgIpc) is 2.98. The monoisotopic (exact) mass is 294 g/mol. The van der Waals surface area contributed by atoms with Crippen molar-refractivity contribution in [3.05, 3.63) is 42.2 Å². The van der Waals surface area contributed by atoms with Gasteiger partial charge in [0.2, 0.25) is 10.0 Å². The zero-order chi connectivity index (χ0) is 14.0. The number of hydrogen-bond donors (Lipinski definition) is 2. The smallest absolute Gasteiger partial charge is 0.241 e. The third-order valence-corrected chi connectivity index (χ3v) is 4.35. The zero-order valence-corrected chi connectivity index (χ0v) is 11.4. The third-order valence-electron chi connectivity index (χ3n) is 2.95. The Morgan fingerprint density at radius 2 is 1.95 bits per heavy atom. The van der Waals surface area contributed by atoms with Crippen LogP contribution in [0.15, 0.2) is 41.6 Å². The zero-order valence-electron chi connectivity index (χ0n) is 10.6. The first-order chi connectivity index (χ1) is 9.65. The maximum absolute atomic E-state index is 12.2. The van der Waals surface area contributed by atoms with Gasteiger partial charge in [-0.1, -0.05) is 0 Å². The van der Waals surface area contributed by atoms with Gasteiger partial charge in [0.25, 0.3) is 0 Å². The first-order valence-electron chi connectivity index (χ1n) is 6.16. The van der Waals surface area contributed by atoms with E-state index in [1.807, 2.05) is 6.07 Å². The molecule has 20 heavy (non-hydrogen) atoms. The van der Waals surface area contributed by atoms with E-state index in [4.69, 9.17) is 9.47 Å². The van der Waals surface area contributed by atoms with Gasteiger partial charge < -0.3 is 14.5 Å². The molecule has 0 spiro atoms. The first kappa shape index (κ1) is 13.0. The molecule has 2 heterocycles. The van der Waals surface area contributed by atoms with E-state index in [1.165, 1.54) is 12.1 Å². The van der Waals surface area contributed by atoms with Crippen molar-refractivity contribution in [2.45, 2.75) is 11.4 Å². The molecule has 7 heteroatoms. The van der Waals surface area contributed by atoms with Crippen LogP contribution in [0.1, 0.15) is 5.56 Å². The second-order valence-corrected chi connectivity index (χ2v) is 6.12. The number of fused-ring (bicyclic) bond motifs is 1. The number of rotatable bonds is 4. The highest BCUT2D eigenvalue weighted by molar-refractivity contribution is 7.89. The number of ether oxygens (including phenoxy) is 2. The molecule has 0 saturated heterocycles. The number of sulfonamides is 1. The normalized spacial score (nSPS) is 14.2. The van der Waals surface area contributed by atoms with Gasteiger partial charge in [0, 0.05) is 25.0 Å². The number of benzene rings is 1. The van der Waals surface area contributed by atoms with E-state index in [0.29, 0.717) is 24.7 Å². The van der Waals surface area contributed by atoms with E-state index >= 15 is 0 Å². The van der Waals surface area contributed by atoms with Crippen LogP contribution < -0.4 is 14.2 Å². The molecule has 6 nitrogen and oxygen atoms in total. The molecule has 1 aliphatic heterocycles. The minimum absolute atomic E-state index is 0.164. The summed E-state index contributed by atoms with van der Waals surface area (Å²) in [5, 5.41) is 0. The highest BCUT2D eigenvalue weighted by Gasteiger charge is 2.19. The van der Waals surface area contributed by atoms with Gasteiger partial charge in [-0.05, 0) is 23.8 Å². The number of hydrogen-bond acceptors (Lipinski definition) is 4. The van der Waals surface area contributed by atoms with Gasteiger partial charge in [-0.15, -0.1) is 0 Å². The maximum Gasteiger partial charge on any atom is 0.241 e. The SMILES string of the molecule is O=S(=O)(NCc1cc[nH]c1)c1ccc2c(c1)OCCO2. The van der Waals surface area contributed by atoms with E-state index in [1.54, 1.807) is 18.5 Å². The predicted octanol–water partition coefficient (Wildman–Crippen LogP) is 1.26. The van der Waals surface area contributed by atoms with Crippen molar-refractivity contribution in [1.82, 2.24) is 9.71 Å². The van der Waals surface area contributed by atoms with Crippen LogP contribution in [0.3, 0.4) is 0 Å². The molecular weight excluding hydrogens is 280 g/mol. The number of aromatic amines is 1. The molecule has 106 valence electrons. The Balaban J connectivity index is 1.80. The minimum atomic E-state index is -3.57. The van der Waals surface area contributed by atoms with Crippen LogP contribution in [-0.2, 0) is 16.6 Å². The Morgan fingerprint density at radius 1 is 1.15 bits per heavy atom. The average molecular weight is 294 g/mol. The molecular formula is C13H14N2O4S. The summed E-state index contributed by atoms with van der Waals surface area (Å²) in [6, 6.07) is 6.41. The largest absolute Gasteiger partial charge is 0.486 e. The van der Waals surface area contributed by atoms with E-state index < -0.39 is 10.0 Å². The van der Waals surface area contributed by atoms with Gasteiger partial charge >= 0.3 is 0 Å². The first-order valence-corrected chi connectivity index (χ1v) is 7.64. The van der Waals surface area contributed by atoms with Gasteiger partial charge in [-0.2, -0.15) is 0 Å². The van der Waals surface area contributed by atoms with Gasteiger partial charge in [-0.3, -0.25) is 0 Å². The predicted molar refractivity (Wildman–Crippen MR) is 72.3 cm³/mol. The van der Waals surface area contributed by atoms with E-state index in [0.717, 1.165) is 5.56 Å². The summed E-state index contributed by atoms with van der Waals surface area (Å²) in [5.41, 5.74) is 0.867. The Kier molecular flexibility index (Phi) is 3.37. The summed E-state index contributed by atoms with van der Waals surface area (Å²) in [7, 11) is -3.57. The molecule has 1 aromatic carbocycles. The lowest BCUT2D eigenvalue weighted by atomic mass is 10.3. The lowest BCUT2D eigenvalue weighted by molar-refractivity contribution is 0.171. The molecule has 0 unspecified atom stereocenters. The van der Waals surface area contributed by atoms with Gasteiger partial charge in [0.15, 0.2) is 11.5 Å². The molecule has 1 aliphatic rings. The van der Waals surface area contributed by atoms with Crippen molar-refractivity contribution >= 4 is 10.0 Å². The van der Waals surface area contributed by atoms with Crippen molar-refractivity contribution in [1.29, 1.82) is 0 Å². The molecule has 0 amide bonds. The summed E-state index contributed by atoms with van der Waals surface area (Å²) in [4.78, 5) is 3.04. The Bertz CT molecular complexity index is 695. The highest BCUT2D eigenvalue weighted by Crippen LogP contribution is 2.32. The van der Waals surface area contributed by atoms with Crippen LogP contribution in [0.5, 0.6) is 11.5 Å². The van der Waals surface area contributed by atoms with Gasteiger partial charge in [-0.25, -0.2) is 13.1 Å². The van der Waals surface area contributed by atoms with E-state index in [-0.39, 0.29) is 11.4 Å². The molecule has 0 radical (unpaired) electrons. The summed E-state index contributed by atoms with van der Waals surface area (Å²) in [6.07, 6.45) is 3.49. The van der Waals surface area contributed by atoms with Gasteiger partial charge in [0.05, 0.1) is 4.90 Å². The van der Waals surface area contributed by atoms with Crippen LogP contribution in [0.4, 0.5) is 0 Å². The molecule has 1 aromatic heterocycles. The Morgan fingerprint density at radius 3 is 2.70 bits per heavy atom. The van der Waals surface area contributed by atoms with Crippen LogP contribution in [0, 0.1) is 0 Å². The Hall–Kier alpha value is -1.99. The van der Waals surface area contributed by atoms with Crippen molar-refractivity contribution in [3.63, 3.8) is 0 Å². The van der Waals surface area contributed by atoms with Crippen molar-refractivity contribution in [2.75, 3.05) is 13.2 Å². The topological polar surface area (TPSA) is 80.4 Å². The van der Waals surface area contributed by atoms with Crippen LogP contribution in [0.2, 0.25) is 0 Å². The molecule has 0 aliphatic carbocycles. The summed E-state index contributed by atoms with van der Waals surface area (Å²) < 4.78 is 37.7. The number of H-pyrrole nitrogens is 1. The van der Waals surface area contributed by atoms with Crippen LogP contribution in [-0.4, -0.2) is 26.6 Å². The fourth-order valence-corrected chi connectivity index (χ4v) is 2.95. The van der Waals surface area contributed by atoms with Gasteiger partial charge in [0.1, 0.15) is 13.2 Å². The molecule has 0 fully saturated rings. The molecule has 0 atom stereocenters. The molecule has 0 saturated carbocycles. The summed E-state index contributed by atoms with van der Waals surface area (Å²) >= 11 is 0. The van der Waals surface area contributed by atoms with E-state index in [2.05, 4.69) is 9.71 Å². The summed E-state index contributed by atoms with van der Waals surface area (Å²) in [5.74, 6) is 1.03.